The predicted molar refractivity (Wildman–Crippen MR) is 139 cm³/mol. The third-order valence-electron chi connectivity index (χ3n) is 6.48. The summed E-state index contributed by atoms with van der Waals surface area (Å²) in [5.74, 6) is -1.34. The first kappa shape index (κ1) is 27.9. The number of unbranched alkanes of at least 4 members (excludes halogenated alkanes) is 10. The van der Waals surface area contributed by atoms with Crippen LogP contribution < -0.4 is 4.74 Å². The zero-order chi connectivity index (χ0) is 24.6. The zero-order valence-corrected chi connectivity index (χ0v) is 21.2. The molecule has 2 aromatic rings. The summed E-state index contributed by atoms with van der Waals surface area (Å²) >= 11 is 0. The van der Waals surface area contributed by atoms with Crippen molar-refractivity contribution in [2.45, 2.75) is 103 Å². The van der Waals surface area contributed by atoms with Crippen molar-refractivity contribution in [3.63, 3.8) is 0 Å². The van der Waals surface area contributed by atoms with Gasteiger partial charge < -0.3 is 9.84 Å². The number of ether oxygens (including phenoxy) is 1. The van der Waals surface area contributed by atoms with Gasteiger partial charge in [-0.05, 0) is 41.7 Å². The van der Waals surface area contributed by atoms with Gasteiger partial charge in [-0.15, -0.1) is 0 Å². The third kappa shape index (κ3) is 9.87. The smallest absolute Gasteiger partial charge is 0.310 e. The number of carbonyl (C=O) groups is 1. The highest BCUT2D eigenvalue weighted by molar-refractivity contribution is 5.76. The molecule has 0 fully saturated rings. The van der Waals surface area contributed by atoms with Crippen molar-refractivity contribution in [2.24, 2.45) is 0 Å². The topological polar surface area (TPSA) is 46.5 Å². The molecular formula is C30H43FO3. The van der Waals surface area contributed by atoms with Crippen molar-refractivity contribution in [3.8, 4) is 16.9 Å². The average Bonchev–Trinajstić information content (AvgIpc) is 2.84. The predicted octanol–water partition coefficient (Wildman–Crippen LogP) is 9.15. The second-order valence-electron chi connectivity index (χ2n) is 9.33. The van der Waals surface area contributed by atoms with Crippen LogP contribution in [0.15, 0.2) is 42.5 Å². The van der Waals surface area contributed by atoms with Crippen molar-refractivity contribution in [3.05, 3.63) is 53.8 Å². The molecule has 2 rings (SSSR count). The van der Waals surface area contributed by atoms with Crippen molar-refractivity contribution in [1.29, 1.82) is 0 Å². The molecule has 0 amide bonds. The third-order valence-corrected chi connectivity index (χ3v) is 6.48. The van der Waals surface area contributed by atoms with Crippen LogP contribution in [0.2, 0.25) is 0 Å². The monoisotopic (exact) mass is 470 g/mol. The van der Waals surface area contributed by atoms with Gasteiger partial charge in [0.05, 0.1) is 12.5 Å². The molecule has 0 spiro atoms. The lowest BCUT2D eigenvalue weighted by molar-refractivity contribution is -0.139. The Morgan fingerprint density at radius 2 is 1.35 bits per heavy atom. The highest BCUT2D eigenvalue weighted by Gasteiger charge is 2.19. The molecule has 0 aliphatic carbocycles. The molecule has 0 heterocycles. The van der Waals surface area contributed by atoms with Crippen molar-refractivity contribution < 1.29 is 19.0 Å². The summed E-state index contributed by atoms with van der Waals surface area (Å²) in [6.45, 7) is 4.93. The van der Waals surface area contributed by atoms with E-state index in [9.17, 15) is 14.3 Å². The first-order valence-electron chi connectivity index (χ1n) is 13.3. The molecule has 2 aromatic carbocycles. The van der Waals surface area contributed by atoms with Gasteiger partial charge in [0.2, 0.25) is 0 Å². The standard InChI is InChI=1S/C30H43FO3/c1-3-5-7-9-11-13-15-27(30(32)33)25-18-16-24(17-19-25)26-20-21-29(28(31)23-26)34-22-14-12-10-8-6-4-2/h16-21,23,27H,3-15,22H2,1-2H3,(H,32,33). The van der Waals surface area contributed by atoms with Crippen molar-refractivity contribution in [1.82, 2.24) is 0 Å². The Labute approximate surface area is 205 Å². The van der Waals surface area contributed by atoms with E-state index in [2.05, 4.69) is 13.8 Å². The normalized spacial score (nSPS) is 12.0. The van der Waals surface area contributed by atoms with E-state index in [0.717, 1.165) is 42.4 Å². The van der Waals surface area contributed by atoms with Gasteiger partial charge in [-0.1, -0.05) is 115 Å². The van der Waals surface area contributed by atoms with Crippen LogP contribution in [0.3, 0.4) is 0 Å². The SMILES string of the molecule is CCCCCCCCOc1ccc(-c2ccc(C(CCCCCCCC)C(=O)O)cc2)cc1F. The van der Waals surface area contributed by atoms with Gasteiger partial charge in [0, 0.05) is 0 Å². The number of rotatable bonds is 18. The minimum Gasteiger partial charge on any atom is -0.491 e. The molecule has 1 N–H and O–H groups in total. The van der Waals surface area contributed by atoms with E-state index in [1.165, 1.54) is 57.4 Å². The zero-order valence-electron chi connectivity index (χ0n) is 21.2. The van der Waals surface area contributed by atoms with E-state index in [0.29, 0.717) is 18.8 Å². The van der Waals surface area contributed by atoms with Crippen LogP contribution in [0.4, 0.5) is 4.39 Å². The Balaban J connectivity index is 1.88. The van der Waals surface area contributed by atoms with Crippen LogP contribution in [0.25, 0.3) is 11.1 Å². The largest absolute Gasteiger partial charge is 0.491 e. The number of aliphatic carboxylic acids is 1. The number of carboxylic acids is 1. The highest BCUT2D eigenvalue weighted by atomic mass is 19.1. The molecule has 0 radical (unpaired) electrons. The summed E-state index contributed by atoms with van der Waals surface area (Å²) in [6, 6.07) is 12.6. The highest BCUT2D eigenvalue weighted by Crippen LogP contribution is 2.29. The van der Waals surface area contributed by atoms with Crippen LogP contribution in [-0.2, 0) is 4.79 Å². The van der Waals surface area contributed by atoms with Gasteiger partial charge in [-0.2, -0.15) is 0 Å². The molecule has 0 aliphatic heterocycles. The lowest BCUT2D eigenvalue weighted by Gasteiger charge is -2.14. The van der Waals surface area contributed by atoms with E-state index in [-0.39, 0.29) is 5.82 Å². The van der Waals surface area contributed by atoms with E-state index in [1.54, 1.807) is 6.07 Å². The Morgan fingerprint density at radius 3 is 1.94 bits per heavy atom. The van der Waals surface area contributed by atoms with Crippen LogP contribution in [-0.4, -0.2) is 17.7 Å². The fourth-order valence-electron chi connectivity index (χ4n) is 4.33. The lowest BCUT2D eigenvalue weighted by atomic mass is 9.91. The molecule has 0 bridgehead atoms. The molecule has 0 saturated carbocycles. The van der Waals surface area contributed by atoms with E-state index >= 15 is 0 Å². The molecule has 1 atom stereocenters. The van der Waals surface area contributed by atoms with Gasteiger partial charge in [-0.3, -0.25) is 4.79 Å². The fourth-order valence-corrected chi connectivity index (χ4v) is 4.33. The second kappa shape index (κ2) is 16.3. The summed E-state index contributed by atoms with van der Waals surface area (Å²) < 4.78 is 20.2. The van der Waals surface area contributed by atoms with Gasteiger partial charge in [0.15, 0.2) is 11.6 Å². The van der Waals surface area contributed by atoms with Crippen LogP contribution in [0.5, 0.6) is 5.75 Å². The summed E-state index contributed by atoms with van der Waals surface area (Å²) in [4.78, 5) is 11.8. The second-order valence-corrected chi connectivity index (χ2v) is 9.33. The molecule has 1 unspecified atom stereocenters. The molecule has 3 nitrogen and oxygen atoms in total. The van der Waals surface area contributed by atoms with Gasteiger partial charge in [0.25, 0.3) is 0 Å². The van der Waals surface area contributed by atoms with Crippen molar-refractivity contribution in [2.75, 3.05) is 6.61 Å². The maximum atomic E-state index is 14.6. The van der Waals surface area contributed by atoms with Crippen LogP contribution in [0.1, 0.15) is 109 Å². The van der Waals surface area contributed by atoms with Crippen LogP contribution >= 0.6 is 0 Å². The quantitative estimate of drug-likeness (QED) is 0.221. The van der Waals surface area contributed by atoms with Gasteiger partial charge in [0.1, 0.15) is 0 Å². The fraction of sp³-hybridized carbons (Fsp3) is 0.567. The van der Waals surface area contributed by atoms with Crippen molar-refractivity contribution >= 4 is 5.97 Å². The molecule has 0 aliphatic rings. The Bertz CT molecular complexity index is 831. The van der Waals surface area contributed by atoms with E-state index in [1.807, 2.05) is 30.3 Å². The molecule has 4 heteroatoms. The Kier molecular flexibility index (Phi) is 13.4. The van der Waals surface area contributed by atoms with Gasteiger partial charge >= 0.3 is 5.97 Å². The maximum Gasteiger partial charge on any atom is 0.310 e. The number of hydrogen-bond donors (Lipinski definition) is 1. The summed E-state index contributed by atoms with van der Waals surface area (Å²) in [7, 11) is 0. The minimum atomic E-state index is -0.779. The number of benzene rings is 2. The van der Waals surface area contributed by atoms with E-state index < -0.39 is 11.9 Å². The van der Waals surface area contributed by atoms with E-state index in [4.69, 9.17) is 4.74 Å². The minimum absolute atomic E-state index is 0.291. The summed E-state index contributed by atoms with van der Waals surface area (Å²) in [5, 5.41) is 9.70. The summed E-state index contributed by atoms with van der Waals surface area (Å²) in [6.07, 6.45) is 14.5. The Hall–Kier alpha value is -2.36. The Morgan fingerprint density at radius 1 is 0.794 bits per heavy atom. The molecule has 188 valence electrons. The molecule has 0 saturated heterocycles. The molecule has 34 heavy (non-hydrogen) atoms. The number of carboxylic acid groups (broad SMARTS) is 1. The lowest BCUT2D eigenvalue weighted by Crippen LogP contribution is -2.11. The first-order valence-corrected chi connectivity index (χ1v) is 13.3. The maximum absolute atomic E-state index is 14.6. The molecular weight excluding hydrogens is 427 g/mol. The van der Waals surface area contributed by atoms with Gasteiger partial charge in [-0.25, -0.2) is 4.39 Å². The average molecular weight is 471 g/mol. The van der Waals surface area contributed by atoms with Crippen LogP contribution in [0, 0.1) is 5.82 Å². The first-order chi connectivity index (χ1) is 16.6. The summed E-state index contributed by atoms with van der Waals surface area (Å²) in [5.41, 5.74) is 2.44. The molecule has 0 aromatic heterocycles. The number of halogens is 1. The number of hydrogen-bond acceptors (Lipinski definition) is 2.